The first-order chi connectivity index (χ1) is 9.47. The van der Waals surface area contributed by atoms with Crippen LogP contribution < -0.4 is 0 Å². The van der Waals surface area contributed by atoms with Crippen molar-refractivity contribution in [3.8, 4) is 0 Å². The molecule has 2 heterocycles. The number of aliphatic hydroxyl groups is 1. The van der Waals surface area contributed by atoms with Gasteiger partial charge in [-0.1, -0.05) is 5.21 Å². The van der Waals surface area contributed by atoms with Gasteiger partial charge in [0.05, 0.1) is 12.7 Å². The van der Waals surface area contributed by atoms with E-state index in [-0.39, 0.29) is 25.7 Å². The van der Waals surface area contributed by atoms with Crippen molar-refractivity contribution in [2.75, 3.05) is 0 Å². The predicted octanol–water partition coefficient (Wildman–Crippen LogP) is 2.18. The molecule has 1 saturated carbocycles. The Kier molecular flexibility index (Phi) is 3.29. The molecule has 0 spiro atoms. The van der Waals surface area contributed by atoms with Crippen LogP contribution in [0.1, 0.15) is 36.4 Å². The maximum atomic E-state index is 13.2. The number of hydrogen-bond acceptors (Lipinski definition) is 5. The molecule has 0 amide bonds. The van der Waals surface area contributed by atoms with Crippen LogP contribution in [0.25, 0.3) is 0 Å². The molecule has 1 fully saturated rings. The highest BCUT2D eigenvalue weighted by molar-refractivity contribution is 7.09. The first-order valence-electron chi connectivity index (χ1n) is 6.36. The van der Waals surface area contributed by atoms with Crippen molar-refractivity contribution >= 4 is 11.3 Å². The molecule has 20 heavy (non-hydrogen) atoms. The predicted molar refractivity (Wildman–Crippen MR) is 68.5 cm³/mol. The van der Waals surface area contributed by atoms with E-state index in [1.807, 2.05) is 5.38 Å². The Morgan fingerprint density at radius 3 is 2.70 bits per heavy atom. The summed E-state index contributed by atoms with van der Waals surface area (Å²) in [6.45, 7) is 0.469. The van der Waals surface area contributed by atoms with E-state index in [0.717, 1.165) is 5.01 Å². The third-order valence-corrected chi connectivity index (χ3v) is 4.37. The Labute approximate surface area is 118 Å². The van der Waals surface area contributed by atoms with Gasteiger partial charge in [-0.3, -0.25) is 0 Å². The molecule has 3 rings (SSSR count). The molecule has 2 aromatic rings. The molecule has 0 radical (unpaired) electrons. The minimum atomic E-state index is -2.68. The van der Waals surface area contributed by atoms with Gasteiger partial charge in [-0.15, -0.1) is 16.4 Å². The maximum Gasteiger partial charge on any atom is 0.248 e. The lowest BCUT2D eigenvalue weighted by molar-refractivity contribution is -0.108. The number of rotatable bonds is 3. The Hall–Kier alpha value is -1.41. The first kappa shape index (κ1) is 13.6. The number of thiazole rings is 1. The van der Waals surface area contributed by atoms with Gasteiger partial charge in [0.25, 0.3) is 0 Å². The van der Waals surface area contributed by atoms with Crippen LogP contribution in [0, 0.1) is 0 Å². The highest BCUT2D eigenvalue weighted by Gasteiger charge is 2.44. The Morgan fingerprint density at radius 2 is 2.05 bits per heavy atom. The molecule has 0 unspecified atom stereocenters. The molecule has 0 bridgehead atoms. The number of halogens is 2. The van der Waals surface area contributed by atoms with Crippen molar-refractivity contribution in [3.05, 3.63) is 28.5 Å². The third-order valence-electron chi connectivity index (χ3n) is 3.60. The highest BCUT2D eigenvalue weighted by Crippen LogP contribution is 2.42. The summed E-state index contributed by atoms with van der Waals surface area (Å²) in [5, 5.41) is 21.1. The molecule has 8 heteroatoms. The van der Waals surface area contributed by atoms with E-state index in [9.17, 15) is 13.9 Å². The van der Waals surface area contributed by atoms with Crippen molar-refractivity contribution in [3.63, 3.8) is 0 Å². The van der Waals surface area contributed by atoms with Crippen molar-refractivity contribution in [2.24, 2.45) is 0 Å². The smallest absolute Gasteiger partial charge is 0.248 e. The Bertz CT molecular complexity index is 574. The summed E-state index contributed by atoms with van der Waals surface area (Å²) in [7, 11) is 0. The fourth-order valence-corrected chi connectivity index (χ4v) is 2.95. The fourth-order valence-electron chi connectivity index (χ4n) is 2.34. The molecule has 0 atom stereocenters. The molecule has 108 valence electrons. The molecular formula is C12H14F2N4OS. The zero-order chi connectivity index (χ0) is 14.2. The van der Waals surface area contributed by atoms with E-state index in [0.29, 0.717) is 12.2 Å². The second-order valence-corrected chi connectivity index (χ2v) is 6.09. The minimum absolute atomic E-state index is 0.00987. The van der Waals surface area contributed by atoms with Gasteiger partial charge in [-0.2, -0.15) is 0 Å². The second kappa shape index (κ2) is 4.85. The van der Waals surface area contributed by atoms with Crippen molar-refractivity contribution < 1.29 is 13.9 Å². The van der Waals surface area contributed by atoms with Crippen LogP contribution in [0.15, 0.2) is 17.8 Å². The molecular weight excluding hydrogens is 286 g/mol. The maximum absolute atomic E-state index is 13.2. The zero-order valence-electron chi connectivity index (χ0n) is 10.7. The SMILES string of the molecule is OC1(c2cn(Cc3nccs3)nn2)CCC(F)(F)CC1. The zero-order valence-corrected chi connectivity index (χ0v) is 11.5. The minimum Gasteiger partial charge on any atom is -0.383 e. The third kappa shape index (κ3) is 2.71. The van der Waals surface area contributed by atoms with Crippen LogP contribution in [0.5, 0.6) is 0 Å². The van der Waals surface area contributed by atoms with E-state index in [4.69, 9.17) is 0 Å². The Balaban J connectivity index is 1.73. The number of hydrogen-bond donors (Lipinski definition) is 1. The van der Waals surface area contributed by atoms with Gasteiger partial charge >= 0.3 is 0 Å². The Morgan fingerprint density at radius 1 is 1.30 bits per heavy atom. The van der Waals surface area contributed by atoms with Crippen LogP contribution in [-0.4, -0.2) is 31.0 Å². The quantitative estimate of drug-likeness (QED) is 0.943. The average Bonchev–Trinajstić information content (AvgIpc) is 3.06. The van der Waals surface area contributed by atoms with Crippen molar-refractivity contribution in [2.45, 2.75) is 43.8 Å². The van der Waals surface area contributed by atoms with Crippen LogP contribution in [0.3, 0.4) is 0 Å². The molecule has 0 aromatic carbocycles. The molecule has 1 aliphatic carbocycles. The van der Waals surface area contributed by atoms with E-state index < -0.39 is 11.5 Å². The van der Waals surface area contributed by atoms with Gasteiger partial charge in [0.15, 0.2) is 0 Å². The summed E-state index contributed by atoms with van der Waals surface area (Å²) in [5.74, 6) is -2.68. The molecule has 0 saturated heterocycles. The lowest BCUT2D eigenvalue weighted by Gasteiger charge is -2.34. The second-order valence-electron chi connectivity index (χ2n) is 5.11. The van der Waals surface area contributed by atoms with E-state index >= 15 is 0 Å². The number of aromatic nitrogens is 4. The van der Waals surface area contributed by atoms with E-state index in [1.165, 1.54) is 11.3 Å². The highest BCUT2D eigenvalue weighted by atomic mass is 32.1. The van der Waals surface area contributed by atoms with Gasteiger partial charge in [-0.25, -0.2) is 18.4 Å². The van der Waals surface area contributed by atoms with Gasteiger partial charge < -0.3 is 5.11 Å². The summed E-state index contributed by atoms with van der Waals surface area (Å²) in [6.07, 6.45) is 2.71. The van der Waals surface area contributed by atoms with Gasteiger partial charge in [0, 0.05) is 24.4 Å². The topological polar surface area (TPSA) is 63.8 Å². The molecule has 5 nitrogen and oxygen atoms in total. The monoisotopic (exact) mass is 300 g/mol. The van der Waals surface area contributed by atoms with Crippen molar-refractivity contribution in [1.82, 2.24) is 20.0 Å². The summed E-state index contributed by atoms with van der Waals surface area (Å²) in [5.41, 5.74) is -0.924. The first-order valence-corrected chi connectivity index (χ1v) is 7.24. The van der Waals surface area contributed by atoms with E-state index in [1.54, 1.807) is 17.1 Å². The largest absolute Gasteiger partial charge is 0.383 e. The van der Waals surface area contributed by atoms with Gasteiger partial charge in [0.1, 0.15) is 16.3 Å². The van der Waals surface area contributed by atoms with Crippen LogP contribution in [0.2, 0.25) is 0 Å². The standard InChI is InChI=1S/C12H14F2N4OS/c13-12(14)3-1-11(19,2-4-12)9-7-18(17-16-9)8-10-15-5-6-20-10/h5-7,19H,1-4,8H2. The summed E-state index contributed by atoms with van der Waals surface area (Å²) in [6, 6.07) is 0. The molecule has 2 aromatic heterocycles. The summed E-state index contributed by atoms with van der Waals surface area (Å²) in [4.78, 5) is 4.14. The van der Waals surface area contributed by atoms with Crippen LogP contribution in [-0.2, 0) is 12.1 Å². The number of nitrogens with zero attached hydrogens (tertiary/aromatic N) is 4. The normalized spacial score (nSPS) is 20.9. The molecule has 1 aliphatic rings. The molecule has 1 N–H and O–H groups in total. The van der Waals surface area contributed by atoms with Crippen molar-refractivity contribution in [1.29, 1.82) is 0 Å². The molecule has 0 aliphatic heterocycles. The van der Waals surface area contributed by atoms with Gasteiger partial charge in [0.2, 0.25) is 5.92 Å². The summed E-state index contributed by atoms with van der Waals surface area (Å²) >= 11 is 1.50. The number of alkyl halides is 2. The lowest BCUT2D eigenvalue weighted by atomic mass is 9.81. The van der Waals surface area contributed by atoms with Crippen LogP contribution >= 0.6 is 11.3 Å². The average molecular weight is 300 g/mol. The summed E-state index contributed by atoms with van der Waals surface area (Å²) < 4.78 is 27.9. The van der Waals surface area contributed by atoms with Gasteiger partial charge in [-0.05, 0) is 12.8 Å². The van der Waals surface area contributed by atoms with E-state index in [2.05, 4.69) is 15.3 Å². The van der Waals surface area contributed by atoms with Crippen LogP contribution in [0.4, 0.5) is 8.78 Å². The fraction of sp³-hybridized carbons (Fsp3) is 0.583. The lowest BCUT2D eigenvalue weighted by Crippen LogP contribution is -2.36.